The van der Waals surface area contributed by atoms with Gasteiger partial charge in [0, 0.05) is 6.42 Å². The zero-order valence-electron chi connectivity index (χ0n) is 11.7. The molecular formula is C13H18I2N3O2+. The van der Waals surface area contributed by atoms with E-state index in [0.29, 0.717) is 6.54 Å². The lowest BCUT2D eigenvalue weighted by Gasteiger charge is -2.27. The van der Waals surface area contributed by atoms with Crippen molar-refractivity contribution >= 4 is 51.3 Å². The minimum Gasteiger partial charge on any atom is -0.444 e. The average Bonchev–Trinajstić information content (AvgIpc) is 2.81. The van der Waals surface area contributed by atoms with Crippen LogP contribution in [0.4, 0.5) is 4.79 Å². The van der Waals surface area contributed by atoms with Crippen LogP contribution < -0.4 is 0 Å². The molecule has 1 aromatic rings. The molecule has 1 aliphatic heterocycles. The average molecular weight is 502 g/mol. The number of carbonyl (C=O) groups is 1. The first-order valence-corrected chi connectivity index (χ1v) is 8.56. The van der Waals surface area contributed by atoms with Gasteiger partial charge in [0.05, 0.1) is 19.5 Å². The van der Waals surface area contributed by atoms with E-state index in [1.165, 1.54) is 0 Å². The number of nitrogens with one attached hydrogen (secondary N) is 1. The highest BCUT2D eigenvalue weighted by atomic mass is 127. The molecule has 20 heavy (non-hydrogen) atoms. The Bertz CT molecular complexity index is 491. The smallest absolute Gasteiger partial charge is 0.411 e. The van der Waals surface area contributed by atoms with E-state index in [0.717, 1.165) is 19.6 Å². The van der Waals surface area contributed by atoms with Gasteiger partial charge in [0.15, 0.2) is 0 Å². The van der Waals surface area contributed by atoms with Gasteiger partial charge in [-0.2, -0.15) is 0 Å². The number of ether oxygens (including phenoxy) is 1. The molecule has 1 fully saturated rings. The number of aromatic amines is 1. The van der Waals surface area contributed by atoms with Crippen molar-refractivity contribution in [3.05, 3.63) is 20.1 Å². The second kappa shape index (κ2) is 5.90. The summed E-state index contributed by atoms with van der Waals surface area (Å²) in [6.07, 6.45) is 0.508. The Labute approximate surface area is 146 Å². The number of hydrogen-bond acceptors (Lipinski definition) is 3. The Morgan fingerprint density at radius 2 is 2.15 bits per heavy atom. The highest BCUT2D eigenvalue weighted by molar-refractivity contribution is 14.1. The van der Waals surface area contributed by atoms with Gasteiger partial charge in [-0.3, -0.25) is 4.90 Å². The molecule has 0 spiro atoms. The fraction of sp³-hybridized carbons (Fsp3) is 0.615. The van der Waals surface area contributed by atoms with E-state index in [1.807, 2.05) is 20.8 Å². The Balaban J connectivity index is 2.20. The monoisotopic (exact) mass is 502 g/mol. The number of aromatic nitrogens is 2. The van der Waals surface area contributed by atoms with E-state index in [2.05, 4.69) is 62.1 Å². The van der Waals surface area contributed by atoms with Gasteiger partial charge in [-0.25, -0.2) is 9.78 Å². The summed E-state index contributed by atoms with van der Waals surface area (Å²) in [5.41, 5.74) is -0.493. The van der Waals surface area contributed by atoms with Crippen molar-refractivity contribution in [1.82, 2.24) is 14.9 Å². The lowest BCUT2D eigenvalue weighted by Crippen LogP contribution is -2.37. The Hall–Kier alpha value is -0.190. The maximum Gasteiger partial charge on any atom is 0.411 e. The molecule has 0 unspecified atom stereocenters. The number of imidazole rings is 1. The van der Waals surface area contributed by atoms with Crippen LogP contribution >= 0.6 is 45.2 Å². The highest BCUT2D eigenvalue weighted by Crippen LogP contribution is 2.35. The lowest BCUT2D eigenvalue weighted by atomic mass is 10.1. The topological polar surface area (TPSA) is 58.2 Å². The molecule has 1 aliphatic rings. The number of likely N-dealkylation sites (tertiary alicyclic amines) is 1. The first kappa shape index (κ1) is 16.2. The van der Waals surface area contributed by atoms with Gasteiger partial charge in [-0.15, -0.1) is 0 Å². The van der Waals surface area contributed by atoms with Crippen molar-refractivity contribution in [1.29, 1.82) is 0 Å². The highest BCUT2D eigenvalue weighted by Gasteiger charge is 2.41. The van der Waals surface area contributed by atoms with E-state index in [9.17, 15) is 4.79 Å². The van der Waals surface area contributed by atoms with Gasteiger partial charge in [0.25, 0.3) is 0 Å². The standard InChI is InChI=1S/C13H18I2N3O2/c1-7-5-8(11-16-9(14)10(15)17-11)18(6-7)12(19)20-13(2,3)4/h7-8H,1,5-6H2,2-4H3,(H,16,17)/q+1/t7-,8-/m0/s1. The summed E-state index contributed by atoms with van der Waals surface area (Å²) in [6.45, 7) is 10.3. The second-order valence-electron chi connectivity index (χ2n) is 5.98. The summed E-state index contributed by atoms with van der Waals surface area (Å²) in [5.74, 6) is 1.02. The predicted octanol–water partition coefficient (Wildman–Crippen LogP) is 3.75. The van der Waals surface area contributed by atoms with Gasteiger partial charge in [-0.1, -0.05) is 0 Å². The molecule has 0 radical (unpaired) electrons. The van der Waals surface area contributed by atoms with Crippen LogP contribution in [-0.2, 0) is 4.74 Å². The van der Waals surface area contributed by atoms with E-state index >= 15 is 0 Å². The maximum atomic E-state index is 12.3. The third-order valence-electron chi connectivity index (χ3n) is 2.97. The third kappa shape index (κ3) is 3.71. The van der Waals surface area contributed by atoms with Gasteiger partial charge >= 0.3 is 6.09 Å². The normalized spacial score (nSPS) is 23.1. The Morgan fingerprint density at radius 1 is 1.50 bits per heavy atom. The molecule has 0 bridgehead atoms. The van der Waals surface area contributed by atoms with Crippen molar-refractivity contribution in [3.63, 3.8) is 0 Å². The number of nitrogens with zero attached hydrogens (tertiary/aromatic N) is 2. The van der Waals surface area contributed by atoms with Crippen LogP contribution in [0, 0.1) is 20.2 Å². The van der Waals surface area contributed by atoms with Crippen LogP contribution in [0.2, 0.25) is 0 Å². The van der Waals surface area contributed by atoms with E-state index in [-0.39, 0.29) is 18.1 Å². The van der Waals surface area contributed by atoms with E-state index in [1.54, 1.807) is 4.90 Å². The molecule has 1 N–H and O–H groups in total. The van der Waals surface area contributed by atoms with Crippen molar-refractivity contribution < 1.29 is 9.53 Å². The fourth-order valence-electron chi connectivity index (χ4n) is 2.21. The summed E-state index contributed by atoms with van der Waals surface area (Å²) in [5, 5.41) is 0. The summed E-state index contributed by atoms with van der Waals surface area (Å²) < 4.78 is 7.39. The Morgan fingerprint density at radius 3 is 2.65 bits per heavy atom. The van der Waals surface area contributed by atoms with Crippen molar-refractivity contribution in [2.75, 3.05) is 6.54 Å². The second-order valence-corrected chi connectivity index (χ2v) is 8.08. The van der Waals surface area contributed by atoms with Crippen molar-refractivity contribution in [2.45, 2.75) is 38.8 Å². The molecule has 110 valence electrons. The number of H-pyrrole nitrogens is 1. The maximum absolute atomic E-state index is 12.3. The van der Waals surface area contributed by atoms with Gasteiger partial charge < -0.3 is 9.72 Å². The minimum atomic E-state index is -0.493. The summed E-state index contributed by atoms with van der Waals surface area (Å²) in [4.78, 5) is 21.8. The van der Waals surface area contributed by atoms with Crippen molar-refractivity contribution in [2.24, 2.45) is 5.92 Å². The SMILES string of the molecule is [CH2+][C@H]1C[C@@H](c2nc(I)c(I)[nH]2)N(C(=O)OC(C)(C)C)C1. The van der Waals surface area contributed by atoms with E-state index in [4.69, 9.17) is 4.74 Å². The van der Waals surface area contributed by atoms with Gasteiger partial charge in [0.2, 0.25) is 0 Å². The van der Waals surface area contributed by atoms with Crippen LogP contribution in [0.25, 0.3) is 0 Å². The summed E-state index contributed by atoms with van der Waals surface area (Å²) in [6, 6.07) is -0.0793. The third-order valence-corrected chi connectivity index (χ3v) is 5.56. The number of amides is 1. The number of halogens is 2. The quantitative estimate of drug-likeness (QED) is 0.471. The lowest BCUT2D eigenvalue weighted by molar-refractivity contribution is 0.0215. The molecule has 0 aliphatic carbocycles. The largest absolute Gasteiger partial charge is 0.444 e. The summed E-state index contributed by atoms with van der Waals surface area (Å²) in [7, 11) is 0. The molecule has 2 heterocycles. The number of hydrogen-bond donors (Lipinski definition) is 1. The molecule has 0 aromatic carbocycles. The van der Waals surface area contributed by atoms with Crippen LogP contribution in [0.1, 0.15) is 39.1 Å². The molecule has 2 rings (SSSR count). The molecule has 7 heteroatoms. The first-order chi connectivity index (χ1) is 9.17. The van der Waals surface area contributed by atoms with Crippen LogP contribution in [0.15, 0.2) is 0 Å². The van der Waals surface area contributed by atoms with Gasteiger partial charge in [0.1, 0.15) is 24.7 Å². The van der Waals surface area contributed by atoms with E-state index < -0.39 is 5.60 Å². The van der Waals surface area contributed by atoms with Gasteiger partial charge in [-0.05, 0) is 66.0 Å². The van der Waals surface area contributed by atoms with Crippen LogP contribution in [0.5, 0.6) is 0 Å². The first-order valence-electron chi connectivity index (χ1n) is 6.41. The number of rotatable bonds is 1. The molecule has 1 amide bonds. The molecule has 2 atom stereocenters. The fourth-order valence-corrected chi connectivity index (χ4v) is 3.00. The van der Waals surface area contributed by atoms with Crippen LogP contribution in [0.3, 0.4) is 0 Å². The summed E-state index contributed by atoms with van der Waals surface area (Å²) >= 11 is 4.39. The van der Waals surface area contributed by atoms with Crippen molar-refractivity contribution in [3.8, 4) is 0 Å². The Kier molecular flexibility index (Phi) is 4.77. The molecule has 5 nitrogen and oxygen atoms in total. The number of carbonyl (C=O) groups excluding carboxylic acids is 1. The molecule has 1 saturated heterocycles. The predicted molar refractivity (Wildman–Crippen MR) is 93.2 cm³/mol. The molecule has 1 aromatic heterocycles. The zero-order chi connectivity index (χ0) is 15.1. The zero-order valence-corrected chi connectivity index (χ0v) is 16.1. The minimum absolute atomic E-state index is 0.0793. The molecular weight excluding hydrogens is 484 g/mol. The molecule has 0 saturated carbocycles. The van der Waals surface area contributed by atoms with Crippen LogP contribution in [-0.4, -0.2) is 33.1 Å².